The van der Waals surface area contributed by atoms with Gasteiger partial charge in [0, 0.05) is 18.8 Å². The Bertz CT molecular complexity index is 740. The lowest BCUT2D eigenvalue weighted by Gasteiger charge is -2.34. The molecular weight excluding hydrogens is 376 g/mol. The van der Waals surface area contributed by atoms with Crippen molar-refractivity contribution in [2.24, 2.45) is 0 Å². The molecule has 0 bridgehead atoms. The number of nitrogens with zero attached hydrogens (tertiary/aromatic N) is 4. The number of amides is 1. The monoisotopic (exact) mass is 396 g/mol. The third-order valence-corrected chi connectivity index (χ3v) is 4.27. The highest BCUT2D eigenvalue weighted by Crippen LogP contribution is 2.28. The average molecular weight is 397 g/mol. The van der Waals surface area contributed by atoms with E-state index in [1.165, 1.54) is 0 Å². The number of halogens is 1. The van der Waals surface area contributed by atoms with E-state index in [4.69, 9.17) is 9.47 Å². The molecule has 7 nitrogen and oxygen atoms in total. The predicted molar refractivity (Wildman–Crippen MR) is 92.1 cm³/mol. The molecule has 0 aromatic carbocycles. The van der Waals surface area contributed by atoms with Crippen LogP contribution in [0.4, 0.5) is 4.79 Å². The van der Waals surface area contributed by atoms with Gasteiger partial charge in [0.05, 0.1) is 11.0 Å². The van der Waals surface area contributed by atoms with Crippen molar-refractivity contribution in [3.05, 3.63) is 23.1 Å². The van der Waals surface area contributed by atoms with Crippen molar-refractivity contribution < 1.29 is 14.3 Å². The van der Waals surface area contributed by atoms with Crippen molar-refractivity contribution in [3.63, 3.8) is 0 Å². The van der Waals surface area contributed by atoms with Crippen LogP contribution in [0, 0.1) is 0 Å². The molecule has 2 aromatic rings. The van der Waals surface area contributed by atoms with Crippen LogP contribution in [0.25, 0.3) is 5.65 Å². The van der Waals surface area contributed by atoms with Gasteiger partial charge >= 0.3 is 6.09 Å². The summed E-state index contributed by atoms with van der Waals surface area (Å²) in [5, 5.41) is 7.89. The molecule has 3 heterocycles. The van der Waals surface area contributed by atoms with Gasteiger partial charge < -0.3 is 14.4 Å². The minimum absolute atomic E-state index is 0.0760. The number of aromatic nitrogens is 3. The number of likely N-dealkylation sites (tertiary alicyclic amines) is 1. The maximum Gasteiger partial charge on any atom is 0.410 e. The van der Waals surface area contributed by atoms with E-state index in [0.717, 1.165) is 17.3 Å². The quantitative estimate of drug-likeness (QED) is 0.778. The van der Waals surface area contributed by atoms with Crippen LogP contribution < -0.4 is 4.74 Å². The maximum absolute atomic E-state index is 12.2. The largest absolute Gasteiger partial charge is 0.487 e. The zero-order valence-corrected chi connectivity index (χ0v) is 15.6. The summed E-state index contributed by atoms with van der Waals surface area (Å²) in [6.07, 6.45) is 4.90. The number of carbonyl (C=O) groups is 1. The molecular formula is C16H21BrN4O3. The molecule has 0 saturated carbocycles. The molecule has 2 aromatic heterocycles. The summed E-state index contributed by atoms with van der Waals surface area (Å²) in [5.41, 5.74) is 0.222. The summed E-state index contributed by atoms with van der Waals surface area (Å²) in [6.45, 7) is 6.81. The molecule has 0 aliphatic carbocycles. The first-order chi connectivity index (χ1) is 11.3. The number of pyridine rings is 1. The van der Waals surface area contributed by atoms with Crippen LogP contribution in [0.5, 0.6) is 5.75 Å². The highest BCUT2D eigenvalue weighted by atomic mass is 79.9. The van der Waals surface area contributed by atoms with E-state index in [1.807, 2.05) is 37.4 Å². The van der Waals surface area contributed by atoms with Gasteiger partial charge in [0.15, 0.2) is 5.65 Å². The summed E-state index contributed by atoms with van der Waals surface area (Å²) >= 11 is 3.51. The predicted octanol–water partition coefficient (Wildman–Crippen LogP) is 3.27. The first-order valence-electron chi connectivity index (χ1n) is 7.95. The second-order valence-corrected chi connectivity index (χ2v) is 7.74. The Morgan fingerprint density at radius 2 is 2.21 bits per heavy atom. The van der Waals surface area contributed by atoms with Gasteiger partial charge in [0.2, 0.25) is 0 Å². The molecule has 1 fully saturated rings. The van der Waals surface area contributed by atoms with Gasteiger partial charge in [-0.15, -0.1) is 10.2 Å². The van der Waals surface area contributed by atoms with Crippen LogP contribution in [0.1, 0.15) is 33.6 Å². The van der Waals surface area contributed by atoms with E-state index < -0.39 is 5.60 Å². The number of hydrogen-bond donors (Lipinski definition) is 0. The van der Waals surface area contributed by atoms with Gasteiger partial charge in [-0.3, -0.25) is 4.40 Å². The van der Waals surface area contributed by atoms with E-state index in [-0.39, 0.29) is 12.2 Å². The molecule has 1 aliphatic rings. The van der Waals surface area contributed by atoms with Gasteiger partial charge in [-0.25, -0.2) is 4.79 Å². The van der Waals surface area contributed by atoms with Crippen LogP contribution in [0.15, 0.2) is 23.1 Å². The summed E-state index contributed by atoms with van der Waals surface area (Å²) in [4.78, 5) is 13.9. The standard InChI is InChI=1S/C16H21BrN4O3/c1-16(2,3)24-15(22)20-6-4-5-11(8-20)23-13-7-14-19-18-10-21(14)9-12(13)17/h7,9-11H,4-6,8H2,1-3H3. The van der Waals surface area contributed by atoms with Crippen LogP contribution in [0.3, 0.4) is 0 Å². The molecule has 0 radical (unpaired) electrons. The molecule has 1 atom stereocenters. The Morgan fingerprint density at radius 1 is 1.42 bits per heavy atom. The third kappa shape index (κ3) is 3.98. The normalized spacial score (nSPS) is 18.7. The first kappa shape index (κ1) is 17.0. The van der Waals surface area contributed by atoms with E-state index in [9.17, 15) is 4.79 Å². The molecule has 8 heteroatoms. The Kier molecular flexibility index (Phi) is 4.67. The van der Waals surface area contributed by atoms with E-state index >= 15 is 0 Å². The van der Waals surface area contributed by atoms with Gasteiger partial charge in [0.1, 0.15) is 23.8 Å². The highest BCUT2D eigenvalue weighted by molar-refractivity contribution is 9.10. The summed E-state index contributed by atoms with van der Waals surface area (Å²) in [7, 11) is 0. The van der Waals surface area contributed by atoms with Crippen molar-refractivity contribution in [1.82, 2.24) is 19.5 Å². The average Bonchev–Trinajstić information content (AvgIpc) is 2.93. The second-order valence-electron chi connectivity index (χ2n) is 6.89. The Morgan fingerprint density at radius 3 is 2.96 bits per heavy atom. The molecule has 0 spiro atoms. The Balaban J connectivity index is 1.68. The van der Waals surface area contributed by atoms with E-state index in [2.05, 4.69) is 26.1 Å². The van der Waals surface area contributed by atoms with Crippen LogP contribution in [-0.4, -0.2) is 50.4 Å². The smallest absolute Gasteiger partial charge is 0.410 e. The molecule has 24 heavy (non-hydrogen) atoms. The second kappa shape index (κ2) is 6.58. The van der Waals surface area contributed by atoms with Crippen molar-refractivity contribution >= 4 is 27.7 Å². The van der Waals surface area contributed by atoms with Crippen molar-refractivity contribution in [1.29, 1.82) is 0 Å². The van der Waals surface area contributed by atoms with Crippen LogP contribution >= 0.6 is 15.9 Å². The number of ether oxygens (including phenoxy) is 2. The van der Waals surface area contributed by atoms with Crippen molar-refractivity contribution in [2.75, 3.05) is 13.1 Å². The first-order valence-corrected chi connectivity index (χ1v) is 8.74. The number of rotatable bonds is 2. The fourth-order valence-electron chi connectivity index (χ4n) is 2.62. The lowest BCUT2D eigenvalue weighted by atomic mass is 10.1. The number of carbonyl (C=O) groups excluding carboxylic acids is 1. The third-order valence-electron chi connectivity index (χ3n) is 3.67. The summed E-state index contributed by atoms with van der Waals surface area (Å²) < 4.78 is 14.2. The molecule has 3 rings (SSSR count). The van der Waals surface area contributed by atoms with Gasteiger partial charge in [0.25, 0.3) is 0 Å². The number of hydrogen-bond acceptors (Lipinski definition) is 5. The summed E-state index contributed by atoms with van der Waals surface area (Å²) in [5.74, 6) is 0.700. The minimum Gasteiger partial charge on any atom is -0.487 e. The van der Waals surface area contributed by atoms with E-state index in [0.29, 0.717) is 24.5 Å². The topological polar surface area (TPSA) is 69.0 Å². The molecule has 130 valence electrons. The zero-order valence-electron chi connectivity index (χ0n) is 14.0. The lowest BCUT2D eigenvalue weighted by molar-refractivity contribution is 0.00767. The molecule has 1 aliphatic heterocycles. The van der Waals surface area contributed by atoms with Crippen LogP contribution in [0.2, 0.25) is 0 Å². The fraction of sp³-hybridized carbons (Fsp3) is 0.562. The van der Waals surface area contributed by atoms with E-state index in [1.54, 1.807) is 11.2 Å². The Hall–Kier alpha value is -1.83. The molecule has 1 saturated heterocycles. The maximum atomic E-state index is 12.2. The molecule has 0 N–H and O–H groups in total. The van der Waals surface area contributed by atoms with Crippen LogP contribution in [-0.2, 0) is 4.74 Å². The Labute approximate surface area is 149 Å². The number of fused-ring (bicyclic) bond motifs is 1. The molecule has 1 amide bonds. The van der Waals surface area contributed by atoms with Gasteiger partial charge in [-0.05, 0) is 49.5 Å². The SMILES string of the molecule is CC(C)(C)OC(=O)N1CCCC(Oc2cc3nncn3cc2Br)C1. The molecule has 1 unspecified atom stereocenters. The van der Waals surface area contributed by atoms with Gasteiger partial charge in [-0.1, -0.05) is 0 Å². The number of piperidine rings is 1. The highest BCUT2D eigenvalue weighted by Gasteiger charge is 2.29. The van der Waals surface area contributed by atoms with Crippen molar-refractivity contribution in [3.8, 4) is 5.75 Å². The summed E-state index contributed by atoms with van der Waals surface area (Å²) in [6, 6.07) is 1.84. The van der Waals surface area contributed by atoms with Gasteiger partial charge in [-0.2, -0.15) is 0 Å². The lowest BCUT2D eigenvalue weighted by Crippen LogP contribution is -2.46. The van der Waals surface area contributed by atoms with Crippen molar-refractivity contribution in [2.45, 2.75) is 45.3 Å². The zero-order chi connectivity index (χ0) is 17.3. The fourth-order valence-corrected chi connectivity index (χ4v) is 3.05. The minimum atomic E-state index is -0.493.